The molecule has 2 rings (SSSR count). The Morgan fingerprint density at radius 3 is 2.86 bits per heavy atom. The highest BCUT2D eigenvalue weighted by atomic mass is 19.1. The minimum absolute atomic E-state index is 0.254. The fourth-order valence-electron chi connectivity index (χ4n) is 1.30. The molecule has 0 bridgehead atoms. The Balaban J connectivity index is 2.46. The van der Waals surface area contributed by atoms with Crippen LogP contribution in [0.15, 0.2) is 30.5 Å². The predicted octanol–water partition coefficient (Wildman–Crippen LogP) is 2.26. The molecule has 0 fully saturated rings. The van der Waals surface area contributed by atoms with Gasteiger partial charge in [-0.15, -0.1) is 0 Å². The smallest absolute Gasteiger partial charge is 0.146 e. The van der Waals surface area contributed by atoms with Gasteiger partial charge in [0.1, 0.15) is 5.82 Å². The van der Waals surface area contributed by atoms with Crippen LogP contribution in [0.5, 0.6) is 0 Å². The molecule has 0 spiro atoms. The van der Waals surface area contributed by atoms with Crippen molar-refractivity contribution in [1.82, 2.24) is 10.2 Å². The van der Waals surface area contributed by atoms with E-state index in [-0.39, 0.29) is 5.82 Å². The highest BCUT2D eigenvalue weighted by Crippen LogP contribution is 2.22. The average molecular weight is 191 g/mol. The van der Waals surface area contributed by atoms with Gasteiger partial charge in [-0.1, -0.05) is 0 Å². The maximum absolute atomic E-state index is 13.1. The molecule has 0 amide bonds. The van der Waals surface area contributed by atoms with Crippen molar-refractivity contribution < 1.29 is 4.39 Å². The summed E-state index contributed by atoms with van der Waals surface area (Å²) in [7, 11) is 1.69. The van der Waals surface area contributed by atoms with E-state index in [2.05, 4.69) is 15.5 Å². The van der Waals surface area contributed by atoms with Crippen LogP contribution in [-0.4, -0.2) is 17.2 Å². The minimum Gasteiger partial charge on any atom is -0.386 e. The highest BCUT2D eigenvalue weighted by Gasteiger charge is 2.03. The quantitative estimate of drug-likeness (QED) is 0.764. The lowest BCUT2D eigenvalue weighted by atomic mass is 10.1. The molecule has 0 radical (unpaired) electrons. The number of nitrogens with zero attached hydrogens (tertiary/aromatic N) is 1. The summed E-state index contributed by atoms with van der Waals surface area (Å²) < 4.78 is 13.1. The second-order valence-corrected chi connectivity index (χ2v) is 2.91. The summed E-state index contributed by atoms with van der Waals surface area (Å²) in [5, 5.41) is 9.45. The molecular weight excluding hydrogens is 181 g/mol. The van der Waals surface area contributed by atoms with E-state index in [4.69, 9.17) is 0 Å². The van der Waals surface area contributed by atoms with Crippen molar-refractivity contribution in [1.29, 1.82) is 0 Å². The van der Waals surface area contributed by atoms with Gasteiger partial charge in [0.15, 0.2) is 0 Å². The standard InChI is InChI=1S/C10H10FN3/c1-12-10-6-7(2-3-8(10)11)9-4-5-13-14-9/h2-6,12H,1H3,(H,13,14). The number of anilines is 1. The summed E-state index contributed by atoms with van der Waals surface area (Å²) in [5.41, 5.74) is 2.27. The maximum atomic E-state index is 13.1. The molecule has 2 N–H and O–H groups in total. The van der Waals surface area contributed by atoms with Crippen LogP contribution in [0.25, 0.3) is 11.3 Å². The van der Waals surface area contributed by atoms with Crippen LogP contribution in [0.2, 0.25) is 0 Å². The van der Waals surface area contributed by atoms with Crippen LogP contribution >= 0.6 is 0 Å². The third kappa shape index (κ3) is 1.46. The molecule has 0 atom stereocenters. The number of nitrogens with one attached hydrogen (secondary N) is 2. The van der Waals surface area contributed by atoms with Crippen LogP contribution in [0.1, 0.15) is 0 Å². The molecule has 4 heteroatoms. The van der Waals surface area contributed by atoms with Gasteiger partial charge in [-0.3, -0.25) is 5.10 Å². The van der Waals surface area contributed by atoms with Crippen LogP contribution in [0, 0.1) is 5.82 Å². The molecule has 0 aliphatic heterocycles. The van der Waals surface area contributed by atoms with Gasteiger partial charge >= 0.3 is 0 Å². The zero-order valence-electron chi connectivity index (χ0n) is 7.71. The van der Waals surface area contributed by atoms with E-state index in [1.807, 2.05) is 6.07 Å². The second kappa shape index (κ2) is 3.49. The van der Waals surface area contributed by atoms with E-state index in [0.717, 1.165) is 11.3 Å². The molecule has 0 saturated carbocycles. The lowest BCUT2D eigenvalue weighted by Gasteiger charge is -2.04. The fourth-order valence-corrected chi connectivity index (χ4v) is 1.30. The Kier molecular flexibility index (Phi) is 2.18. The fraction of sp³-hybridized carbons (Fsp3) is 0.100. The first-order chi connectivity index (χ1) is 6.81. The largest absolute Gasteiger partial charge is 0.386 e. The van der Waals surface area contributed by atoms with E-state index in [9.17, 15) is 4.39 Å². The van der Waals surface area contributed by atoms with Gasteiger partial charge in [0.2, 0.25) is 0 Å². The summed E-state index contributed by atoms with van der Waals surface area (Å²) in [4.78, 5) is 0. The highest BCUT2D eigenvalue weighted by molar-refractivity contribution is 5.64. The molecule has 1 aromatic heterocycles. The van der Waals surface area contributed by atoms with Gasteiger partial charge in [0, 0.05) is 18.8 Å². The van der Waals surface area contributed by atoms with E-state index in [1.54, 1.807) is 25.4 Å². The number of benzene rings is 1. The Labute approximate surface area is 81.0 Å². The third-order valence-corrected chi connectivity index (χ3v) is 2.05. The Morgan fingerprint density at radius 1 is 1.36 bits per heavy atom. The molecule has 72 valence electrons. The first kappa shape index (κ1) is 8.74. The molecule has 0 saturated heterocycles. The Hall–Kier alpha value is -1.84. The third-order valence-electron chi connectivity index (χ3n) is 2.05. The van der Waals surface area contributed by atoms with Gasteiger partial charge in [-0.25, -0.2) is 4.39 Å². The zero-order chi connectivity index (χ0) is 9.97. The van der Waals surface area contributed by atoms with Gasteiger partial charge in [0.25, 0.3) is 0 Å². The molecule has 2 aromatic rings. The predicted molar refractivity (Wildman–Crippen MR) is 53.5 cm³/mol. The summed E-state index contributed by atoms with van der Waals surface area (Å²) in [6.45, 7) is 0. The molecule has 1 aromatic carbocycles. The SMILES string of the molecule is CNc1cc(-c2ccn[nH]2)ccc1F. The molecule has 1 heterocycles. The minimum atomic E-state index is -0.254. The van der Waals surface area contributed by atoms with Crippen LogP contribution < -0.4 is 5.32 Å². The number of hydrogen-bond donors (Lipinski definition) is 2. The summed E-state index contributed by atoms with van der Waals surface area (Å²) in [6, 6.07) is 6.72. The first-order valence-electron chi connectivity index (χ1n) is 4.28. The average Bonchev–Trinajstić information content (AvgIpc) is 2.71. The molecule has 3 nitrogen and oxygen atoms in total. The molecule has 14 heavy (non-hydrogen) atoms. The van der Waals surface area contributed by atoms with Crippen molar-refractivity contribution in [3.05, 3.63) is 36.3 Å². The number of aromatic nitrogens is 2. The van der Waals surface area contributed by atoms with Crippen molar-refractivity contribution in [3.63, 3.8) is 0 Å². The Bertz CT molecular complexity index is 423. The Morgan fingerprint density at radius 2 is 2.21 bits per heavy atom. The van der Waals surface area contributed by atoms with E-state index >= 15 is 0 Å². The number of H-pyrrole nitrogens is 1. The number of aromatic amines is 1. The van der Waals surface area contributed by atoms with E-state index < -0.39 is 0 Å². The zero-order valence-corrected chi connectivity index (χ0v) is 7.71. The molecule has 0 unspecified atom stereocenters. The van der Waals surface area contributed by atoms with E-state index in [1.165, 1.54) is 6.07 Å². The lowest BCUT2D eigenvalue weighted by Crippen LogP contribution is -1.92. The van der Waals surface area contributed by atoms with Crippen LogP contribution in [0.3, 0.4) is 0 Å². The molecule has 0 aliphatic carbocycles. The summed E-state index contributed by atoms with van der Waals surface area (Å²) in [6.07, 6.45) is 1.66. The lowest BCUT2D eigenvalue weighted by molar-refractivity contribution is 0.631. The van der Waals surface area contributed by atoms with Gasteiger partial charge in [-0.2, -0.15) is 5.10 Å². The van der Waals surface area contributed by atoms with Gasteiger partial charge in [-0.05, 0) is 24.3 Å². The second-order valence-electron chi connectivity index (χ2n) is 2.91. The topological polar surface area (TPSA) is 40.7 Å². The van der Waals surface area contributed by atoms with Crippen LogP contribution in [0.4, 0.5) is 10.1 Å². The van der Waals surface area contributed by atoms with Crippen LogP contribution in [-0.2, 0) is 0 Å². The normalized spacial score (nSPS) is 10.1. The van der Waals surface area contributed by atoms with E-state index in [0.29, 0.717) is 5.69 Å². The monoisotopic (exact) mass is 191 g/mol. The summed E-state index contributed by atoms with van der Waals surface area (Å²) >= 11 is 0. The van der Waals surface area contributed by atoms with Crippen molar-refractivity contribution in [3.8, 4) is 11.3 Å². The molecular formula is C10H10FN3. The first-order valence-corrected chi connectivity index (χ1v) is 4.28. The maximum Gasteiger partial charge on any atom is 0.146 e. The van der Waals surface area contributed by atoms with Crippen molar-refractivity contribution in [2.24, 2.45) is 0 Å². The van der Waals surface area contributed by atoms with Crippen molar-refractivity contribution >= 4 is 5.69 Å². The number of hydrogen-bond acceptors (Lipinski definition) is 2. The van der Waals surface area contributed by atoms with Crippen molar-refractivity contribution in [2.45, 2.75) is 0 Å². The van der Waals surface area contributed by atoms with Gasteiger partial charge in [0.05, 0.1) is 11.4 Å². The number of rotatable bonds is 2. The number of halogens is 1. The summed E-state index contributed by atoms with van der Waals surface area (Å²) in [5.74, 6) is -0.254. The molecule has 0 aliphatic rings. The van der Waals surface area contributed by atoms with Gasteiger partial charge < -0.3 is 5.32 Å². The van der Waals surface area contributed by atoms with Crippen molar-refractivity contribution in [2.75, 3.05) is 12.4 Å².